The van der Waals surface area contributed by atoms with Gasteiger partial charge in [0.05, 0.1) is 18.3 Å². The minimum absolute atomic E-state index is 0.226. The van der Waals surface area contributed by atoms with Crippen LogP contribution in [0.5, 0.6) is 0 Å². The van der Waals surface area contributed by atoms with Crippen LogP contribution >= 0.6 is 0 Å². The number of methoxy groups -OCH3 is 1. The van der Waals surface area contributed by atoms with Crippen LogP contribution in [0.3, 0.4) is 0 Å². The van der Waals surface area contributed by atoms with E-state index in [0.29, 0.717) is 11.2 Å². The maximum Gasteiger partial charge on any atom is 0.356 e. The summed E-state index contributed by atoms with van der Waals surface area (Å²) in [6, 6.07) is 9.92. The molecule has 1 aromatic carbocycles. The number of carbonyl (C=O) groups excluding carboxylic acids is 1. The Morgan fingerprint density at radius 2 is 2.10 bits per heavy atom. The van der Waals surface area contributed by atoms with Crippen molar-refractivity contribution in [1.29, 1.82) is 0 Å². The first-order valence-electron chi connectivity index (χ1n) is 5.88. The van der Waals surface area contributed by atoms with E-state index in [1.807, 2.05) is 0 Å². The summed E-state index contributed by atoms with van der Waals surface area (Å²) in [6.45, 7) is 0. The molecule has 0 unspecified atom stereocenters. The summed E-state index contributed by atoms with van der Waals surface area (Å²) in [6.07, 6.45) is 1.53. The molecule has 0 aliphatic carbocycles. The van der Waals surface area contributed by atoms with Crippen molar-refractivity contribution in [2.45, 2.75) is 0 Å². The lowest BCUT2D eigenvalue weighted by atomic mass is 10.1. The molecule has 0 radical (unpaired) electrons. The molecule has 0 saturated carbocycles. The van der Waals surface area contributed by atoms with E-state index in [1.165, 1.54) is 24.1 Å². The quantitative estimate of drug-likeness (QED) is 0.671. The van der Waals surface area contributed by atoms with E-state index in [9.17, 15) is 9.18 Å². The lowest BCUT2D eigenvalue weighted by Gasteiger charge is -2.07. The number of hydrogen-bond acceptors (Lipinski definition) is 4. The molecule has 5 nitrogen and oxygen atoms in total. The highest BCUT2D eigenvalue weighted by molar-refractivity contribution is 5.93. The number of rotatable bonds is 2. The molecule has 20 heavy (non-hydrogen) atoms. The van der Waals surface area contributed by atoms with Crippen LogP contribution in [0.4, 0.5) is 4.39 Å². The predicted molar refractivity (Wildman–Crippen MR) is 70.2 cm³/mol. The highest BCUT2D eigenvalue weighted by atomic mass is 19.1. The molecule has 100 valence electrons. The van der Waals surface area contributed by atoms with Crippen molar-refractivity contribution in [3.8, 4) is 5.69 Å². The fourth-order valence-corrected chi connectivity index (χ4v) is 1.99. The van der Waals surface area contributed by atoms with Crippen molar-refractivity contribution in [2.75, 3.05) is 7.11 Å². The van der Waals surface area contributed by atoms with Gasteiger partial charge in [0.2, 0.25) is 5.95 Å². The SMILES string of the molecule is COC(=O)c1ccc2c(-n3ccc(F)n3)cccc2n1. The second-order valence-corrected chi connectivity index (χ2v) is 4.11. The van der Waals surface area contributed by atoms with E-state index in [-0.39, 0.29) is 5.69 Å². The van der Waals surface area contributed by atoms with E-state index >= 15 is 0 Å². The van der Waals surface area contributed by atoms with Crippen LogP contribution in [0.25, 0.3) is 16.6 Å². The van der Waals surface area contributed by atoms with Gasteiger partial charge in [-0.3, -0.25) is 0 Å². The van der Waals surface area contributed by atoms with Crippen LogP contribution in [0.1, 0.15) is 10.5 Å². The van der Waals surface area contributed by atoms with E-state index in [0.717, 1.165) is 5.39 Å². The predicted octanol–water partition coefficient (Wildman–Crippen LogP) is 2.35. The number of aromatic nitrogens is 3. The maximum atomic E-state index is 13.0. The molecule has 0 amide bonds. The van der Waals surface area contributed by atoms with Gasteiger partial charge in [-0.25, -0.2) is 14.5 Å². The molecule has 0 spiro atoms. The van der Waals surface area contributed by atoms with E-state index in [2.05, 4.69) is 14.8 Å². The Morgan fingerprint density at radius 1 is 1.25 bits per heavy atom. The minimum Gasteiger partial charge on any atom is -0.464 e. The molecule has 0 bridgehead atoms. The molecule has 0 fully saturated rings. The molecule has 0 aliphatic rings. The van der Waals surface area contributed by atoms with Crippen molar-refractivity contribution in [1.82, 2.24) is 14.8 Å². The third kappa shape index (κ3) is 2.01. The van der Waals surface area contributed by atoms with Crippen molar-refractivity contribution in [2.24, 2.45) is 0 Å². The number of hydrogen-bond donors (Lipinski definition) is 0. The number of halogens is 1. The van der Waals surface area contributed by atoms with Crippen LogP contribution < -0.4 is 0 Å². The monoisotopic (exact) mass is 271 g/mol. The zero-order chi connectivity index (χ0) is 14.1. The Morgan fingerprint density at radius 3 is 2.80 bits per heavy atom. The van der Waals surface area contributed by atoms with Crippen LogP contribution in [0, 0.1) is 5.95 Å². The number of ether oxygens (including phenoxy) is 1. The number of nitrogens with zero attached hydrogens (tertiary/aromatic N) is 3. The summed E-state index contributed by atoms with van der Waals surface area (Å²) < 4.78 is 19.1. The molecule has 2 heterocycles. The van der Waals surface area contributed by atoms with E-state index < -0.39 is 11.9 Å². The Hall–Kier alpha value is -2.76. The zero-order valence-electron chi connectivity index (χ0n) is 10.6. The van der Waals surface area contributed by atoms with Crippen molar-refractivity contribution < 1.29 is 13.9 Å². The van der Waals surface area contributed by atoms with Crippen molar-refractivity contribution in [3.05, 3.63) is 54.2 Å². The van der Waals surface area contributed by atoms with Crippen molar-refractivity contribution >= 4 is 16.9 Å². The summed E-state index contributed by atoms with van der Waals surface area (Å²) in [5, 5.41) is 4.50. The summed E-state index contributed by atoms with van der Waals surface area (Å²) in [4.78, 5) is 15.7. The molecule has 0 aliphatic heterocycles. The topological polar surface area (TPSA) is 57.0 Å². The van der Waals surface area contributed by atoms with Gasteiger partial charge in [0.15, 0.2) is 0 Å². The van der Waals surface area contributed by atoms with Gasteiger partial charge >= 0.3 is 5.97 Å². The van der Waals surface area contributed by atoms with Gasteiger partial charge < -0.3 is 4.74 Å². The fraction of sp³-hybridized carbons (Fsp3) is 0.0714. The summed E-state index contributed by atoms with van der Waals surface area (Å²) in [7, 11) is 1.30. The Labute approximate surface area is 113 Å². The molecule has 0 atom stereocenters. The van der Waals surface area contributed by atoms with Crippen LogP contribution in [0.15, 0.2) is 42.6 Å². The van der Waals surface area contributed by atoms with E-state index in [1.54, 1.807) is 30.3 Å². The van der Waals surface area contributed by atoms with Gasteiger partial charge in [-0.1, -0.05) is 6.07 Å². The lowest BCUT2D eigenvalue weighted by Crippen LogP contribution is -2.04. The first-order valence-corrected chi connectivity index (χ1v) is 5.88. The highest BCUT2D eigenvalue weighted by Gasteiger charge is 2.10. The first-order chi connectivity index (χ1) is 9.69. The number of carbonyl (C=O) groups is 1. The molecular formula is C14H10FN3O2. The Kier molecular flexibility index (Phi) is 2.90. The molecule has 2 aromatic heterocycles. The van der Waals surface area contributed by atoms with Gasteiger partial charge in [0.1, 0.15) is 5.69 Å². The molecular weight excluding hydrogens is 261 g/mol. The largest absolute Gasteiger partial charge is 0.464 e. The van der Waals surface area contributed by atoms with Gasteiger partial charge in [-0.2, -0.15) is 4.39 Å². The Balaban J connectivity index is 2.18. The standard InChI is InChI=1S/C14H10FN3O2/c1-20-14(19)11-6-5-9-10(16-11)3-2-4-12(9)18-8-7-13(15)17-18/h2-8H,1H3. The third-order valence-electron chi connectivity index (χ3n) is 2.91. The minimum atomic E-state index is -0.554. The number of benzene rings is 1. The zero-order valence-corrected chi connectivity index (χ0v) is 10.6. The van der Waals surface area contributed by atoms with Gasteiger partial charge in [0, 0.05) is 17.6 Å². The summed E-state index contributed by atoms with van der Waals surface area (Å²) >= 11 is 0. The number of esters is 1. The Bertz CT molecular complexity index is 798. The third-order valence-corrected chi connectivity index (χ3v) is 2.91. The second kappa shape index (κ2) is 4.73. The average molecular weight is 271 g/mol. The number of pyridine rings is 1. The first kappa shape index (κ1) is 12.3. The average Bonchev–Trinajstić information content (AvgIpc) is 2.91. The molecule has 3 rings (SSSR count). The van der Waals surface area contributed by atoms with Crippen LogP contribution in [0.2, 0.25) is 0 Å². The molecule has 3 aromatic rings. The smallest absolute Gasteiger partial charge is 0.356 e. The van der Waals surface area contributed by atoms with Gasteiger partial charge in [0.25, 0.3) is 0 Å². The molecule has 0 N–H and O–H groups in total. The van der Waals surface area contributed by atoms with Crippen LogP contribution in [-0.2, 0) is 4.74 Å². The maximum absolute atomic E-state index is 13.0. The fourth-order valence-electron chi connectivity index (χ4n) is 1.99. The lowest BCUT2D eigenvalue weighted by molar-refractivity contribution is 0.0594. The second-order valence-electron chi connectivity index (χ2n) is 4.11. The van der Waals surface area contributed by atoms with Crippen LogP contribution in [-0.4, -0.2) is 27.8 Å². The van der Waals surface area contributed by atoms with Gasteiger partial charge in [-0.15, -0.1) is 5.10 Å². The normalized spacial score (nSPS) is 10.7. The van der Waals surface area contributed by atoms with E-state index in [4.69, 9.17) is 0 Å². The molecule has 0 saturated heterocycles. The van der Waals surface area contributed by atoms with Crippen molar-refractivity contribution in [3.63, 3.8) is 0 Å². The van der Waals surface area contributed by atoms with Gasteiger partial charge in [-0.05, 0) is 24.3 Å². The molecule has 6 heteroatoms. The highest BCUT2D eigenvalue weighted by Crippen LogP contribution is 2.21. The number of fused-ring (bicyclic) bond motifs is 1. The summed E-state index contributed by atoms with van der Waals surface area (Å²) in [5.74, 6) is -1.05. The summed E-state index contributed by atoms with van der Waals surface area (Å²) in [5.41, 5.74) is 1.53.